The minimum absolute atomic E-state index is 0.207. The Kier molecular flexibility index (Phi) is 4.11. The van der Waals surface area contributed by atoms with Crippen molar-refractivity contribution in [1.29, 1.82) is 0 Å². The fourth-order valence-corrected chi connectivity index (χ4v) is 1.79. The Labute approximate surface area is 102 Å². The number of urea groups is 1. The van der Waals surface area contributed by atoms with Crippen LogP contribution in [0.2, 0.25) is 0 Å². The molecule has 3 amide bonds. The zero-order valence-corrected chi connectivity index (χ0v) is 10.9. The summed E-state index contributed by atoms with van der Waals surface area (Å²) in [4.78, 5) is 24.6. The van der Waals surface area contributed by atoms with E-state index in [1.807, 2.05) is 4.90 Å². The third-order valence-corrected chi connectivity index (χ3v) is 3.54. The molecule has 17 heavy (non-hydrogen) atoms. The maximum absolute atomic E-state index is 11.7. The monoisotopic (exact) mass is 242 g/mol. The average molecular weight is 242 g/mol. The highest BCUT2D eigenvalue weighted by Crippen LogP contribution is 2.27. The van der Waals surface area contributed by atoms with E-state index >= 15 is 0 Å². The number of carbonyl (C=O) groups excluding carboxylic acids is 2. The van der Waals surface area contributed by atoms with Crippen LogP contribution in [-0.4, -0.2) is 48.6 Å². The lowest BCUT2D eigenvalue weighted by atomic mass is 9.79. The molecule has 1 atom stereocenters. The second-order valence-corrected chi connectivity index (χ2v) is 5.04. The fourth-order valence-electron chi connectivity index (χ4n) is 1.79. The first-order valence-corrected chi connectivity index (χ1v) is 5.85. The third kappa shape index (κ3) is 2.95. The van der Waals surface area contributed by atoms with Crippen LogP contribution in [-0.2, 0) is 4.79 Å². The Bertz CT molecular complexity index is 311. The van der Waals surface area contributed by atoms with Crippen molar-refractivity contribution >= 4 is 11.9 Å². The molecule has 0 aromatic carbocycles. The summed E-state index contributed by atoms with van der Waals surface area (Å²) >= 11 is 0. The predicted molar refractivity (Wildman–Crippen MR) is 65.4 cm³/mol. The third-order valence-electron chi connectivity index (χ3n) is 3.54. The van der Waals surface area contributed by atoms with Crippen molar-refractivity contribution in [2.24, 2.45) is 11.7 Å². The smallest absolute Gasteiger partial charge is 0.321 e. The summed E-state index contributed by atoms with van der Waals surface area (Å²) < 4.78 is 0. The molecule has 1 fully saturated rings. The summed E-state index contributed by atoms with van der Waals surface area (Å²) in [5.41, 5.74) is 5.94. The average Bonchev–Trinajstić information content (AvgIpc) is 2.22. The van der Waals surface area contributed by atoms with Crippen LogP contribution in [0.15, 0.2) is 0 Å². The topological polar surface area (TPSA) is 87.5 Å². The Hall–Kier alpha value is -1.14. The maximum Gasteiger partial charge on any atom is 0.321 e. The van der Waals surface area contributed by atoms with Crippen molar-refractivity contribution in [2.75, 3.05) is 20.1 Å². The van der Waals surface area contributed by atoms with Gasteiger partial charge >= 0.3 is 6.03 Å². The summed E-state index contributed by atoms with van der Waals surface area (Å²) in [5, 5.41) is 4.61. The molecule has 4 N–H and O–H groups in total. The number of hydrogen-bond donors (Lipinski definition) is 3. The summed E-state index contributed by atoms with van der Waals surface area (Å²) in [5.74, 6) is 0.0862. The van der Waals surface area contributed by atoms with Gasteiger partial charge in [0.15, 0.2) is 0 Å². The van der Waals surface area contributed by atoms with Crippen LogP contribution in [0.1, 0.15) is 20.8 Å². The van der Waals surface area contributed by atoms with Gasteiger partial charge in [0.05, 0.1) is 6.04 Å². The van der Waals surface area contributed by atoms with E-state index in [-0.39, 0.29) is 17.5 Å². The van der Waals surface area contributed by atoms with E-state index in [2.05, 4.69) is 24.5 Å². The van der Waals surface area contributed by atoms with Crippen molar-refractivity contribution in [1.82, 2.24) is 15.5 Å². The molecule has 1 unspecified atom stereocenters. The Morgan fingerprint density at radius 2 is 1.82 bits per heavy atom. The molecule has 1 saturated heterocycles. The van der Waals surface area contributed by atoms with Gasteiger partial charge in [-0.2, -0.15) is 0 Å². The summed E-state index contributed by atoms with van der Waals surface area (Å²) in [6.07, 6.45) is 0. The number of likely N-dealkylation sites (tertiary alicyclic amines) is 1. The van der Waals surface area contributed by atoms with E-state index < -0.39 is 6.03 Å². The molecule has 1 aliphatic rings. The minimum atomic E-state index is -0.481. The standard InChI is InChI=1S/C11H22N4O2/c1-7(2)11(12)5-15(6-11)8(3)9(16)14-10(17)13-4/h7-8H,5-6,12H2,1-4H3,(H2,13,14,16,17). The van der Waals surface area contributed by atoms with Gasteiger partial charge in [0, 0.05) is 25.7 Å². The second-order valence-electron chi connectivity index (χ2n) is 5.04. The molecule has 0 radical (unpaired) electrons. The van der Waals surface area contributed by atoms with Crippen molar-refractivity contribution < 1.29 is 9.59 Å². The molecule has 1 aliphatic heterocycles. The SMILES string of the molecule is CNC(=O)NC(=O)C(C)N1CC(N)(C(C)C)C1. The minimum Gasteiger partial charge on any atom is -0.341 e. The van der Waals surface area contributed by atoms with Gasteiger partial charge in [-0.3, -0.25) is 15.0 Å². The molecule has 98 valence electrons. The van der Waals surface area contributed by atoms with E-state index in [0.29, 0.717) is 19.0 Å². The zero-order valence-electron chi connectivity index (χ0n) is 10.9. The maximum atomic E-state index is 11.7. The highest BCUT2D eigenvalue weighted by Gasteiger charge is 2.45. The van der Waals surface area contributed by atoms with Crippen LogP contribution in [0.3, 0.4) is 0 Å². The van der Waals surface area contributed by atoms with Crippen LogP contribution in [0, 0.1) is 5.92 Å². The van der Waals surface area contributed by atoms with E-state index in [0.717, 1.165) is 0 Å². The normalized spacial score (nSPS) is 20.6. The lowest BCUT2D eigenvalue weighted by Crippen LogP contribution is -2.73. The Morgan fingerprint density at radius 3 is 2.24 bits per heavy atom. The summed E-state index contributed by atoms with van der Waals surface area (Å²) in [6.45, 7) is 7.30. The predicted octanol–water partition coefficient (Wildman–Crippen LogP) is -0.500. The summed E-state index contributed by atoms with van der Waals surface area (Å²) in [6, 6.07) is -0.812. The number of amides is 3. The van der Waals surface area contributed by atoms with Crippen LogP contribution in [0.4, 0.5) is 4.79 Å². The zero-order chi connectivity index (χ0) is 13.2. The van der Waals surface area contributed by atoms with E-state index in [9.17, 15) is 9.59 Å². The largest absolute Gasteiger partial charge is 0.341 e. The van der Waals surface area contributed by atoms with E-state index in [1.165, 1.54) is 7.05 Å². The van der Waals surface area contributed by atoms with Crippen LogP contribution in [0.25, 0.3) is 0 Å². The molecule has 0 aromatic rings. The Balaban J connectivity index is 2.44. The van der Waals surface area contributed by atoms with Crippen LogP contribution in [0.5, 0.6) is 0 Å². The second kappa shape index (κ2) is 5.01. The molecular weight excluding hydrogens is 220 g/mol. The molecular formula is C11H22N4O2. The molecule has 0 aromatic heterocycles. The number of nitrogens with two attached hydrogens (primary N) is 1. The molecule has 0 spiro atoms. The number of rotatable bonds is 3. The lowest BCUT2D eigenvalue weighted by molar-refractivity contribution is -0.128. The fraction of sp³-hybridized carbons (Fsp3) is 0.818. The van der Waals surface area contributed by atoms with Crippen LogP contribution < -0.4 is 16.4 Å². The van der Waals surface area contributed by atoms with Crippen molar-refractivity contribution in [2.45, 2.75) is 32.4 Å². The van der Waals surface area contributed by atoms with Gasteiger partial charge in [0.1, 0.15) is 0 Å². The molecule has 1 rings (SSSR count). The number of hydrogen-bond acceptors (Lipinski definition) is 4. The van der Waals surface area contributed by atoms with Gasteiger partial charge in [-0.1, -0.05) is 13.8 Å². The van der Waals surface area contributed by atoms with E-state index in [4.69, 9.17) is 5.73 Å². The van der Waals surface area contributed by atoms with Gasteiger partial charge in [-0.05, 0) is 12.8 Å². The first kappa shape index (κ1) is 13.9. The number of nitrogens with zero attached hydrogens (tertiary/aromatic N) is 1. The van der Waals surface area contributed by atoms with Gasteiger partial charge in [0.2, 0.25) is 5.91 Å². The van der Waals surface area contributed by atoms with Crippen molar-refractivity contribution in [3.8, 4) is 0 Å². The highest BCUT2D eigenvalue weighted by molar-refractivity contribution is 5.96. The molecule has 1 heterocycles. The van der Waals surface area contributed by atoms with Gasteiger partial charge < -0.3 is 11.1 Å². The molecule has 6 nitrogen and oxygen atoms in total. The summed E-state index contributed by atoms with van der Waals surface area (Å²) in [7, 11) is 1.47. The molecule has 0 saturated carbocycles. The number of carbonyl (C=O) groups is 2. The molecule has 0 aliphatic carbocycles. The molecule has 6 heteroatoms. The lowest BCUT2D eigenvalue weighted by Gasteiger charge is -2.52. The van der Waals surface area contributed by atoms with Gasteiger partial charge in [-0.15, -0.1) is 0 Å². The molecule has 0 bridgehead atoms. The van der Waals surface area contributed by atoms with Crippen molar-refractivity contribution in [3.63, 3.8) is 0 Å². The highest BCUT2D eigenvalue weighted by atomic mass is 16.2. The van der Waals surface area contributed by atoms with Crippen LogP contribution >= 0.6 is 0 Å². The van der Waals surface area contributed by atoms with Gasteiger partial charge in [0.25, 0.3) is 0 Å². The first-order valence-electron chi connectivity index (χ1n) is 5.85. The number of nitrogens with one attached hydrogen (secondary N) is 2. The van der Waals surface area contributed by atoms with Crippen molar-refractivity contribution in [3.05, 3.63) is 0 Å². The first-order chi connectivity index (χ1) is 7.80. The number of imide groups is 1. The quantitative estimate of drug-likeness (QED) is 0.622. The van der Waals surface area contributed by atoms with E-state index in [1.54, 1.807) is 6.92 Å². The van der Waals surface area contributed by atoms with Gasteiger partial charge in [-0.25, -0.2) is 4.79 Å². The Morgan fingerprint density at radius 1 is 1.29 bits per heavy atom.